The number of cyclic esters (lactones) is 1. The van der Waals surface area contributed by atoms with Crippen LogP contribution in [0.1, 0.15) is 54.9 Å². The van der Waals surface area contributed by atoms with Crippen molar-refractivity contribution in [3.63, 3.8) is 0 Å². The third-order valence-electron chi connectivity index (χ3n) is 4.31. The highest BCUT2D eigenvalue weighted by molar-refractivity contribution is 5.96. The number of rotatable bonds is 0. The molecule has 3 atom stereocenters. The molecule has 0 aromatic heterocycles. The molecule has 0 bridgehead atoms. The van der Waals surface area contributed by atoms with E-state index in [1.807, 2.05) is 0 Å². The van der Waals surface area contributed by atoms with Crippen LogP contribution < -0.4 is 0 Å². The molecule has 1 aliphatic rings. The van der Waals surface area contributed by atoms with Gasteiger partial charge in [-0.3, -0.25) is 4.79 Å². The highest BCUT2D eigenvalue weighted by Crippen LogP contribution is 2.29. The van der Waals surface area contributed by atoms with Crippen molar-refractivity contribution in [1.29, 1.82) is 0 Å². The van der Waals surface area contributed by atoms with Crippen LogP contribution in [-0.2, 0) is 16.0 Å². The van der Waals surface area contributed by atoms with Crippen molar-refractivity contribution in [2.75, 3.05) is 0 Å². The summed E-state index contributed by atoms with van der Waals surface area (Å²) in [6, 6.07) is 2.28. The Morgan fingerprint density at radius 2 is 1.80 bits per heavy atom. The van der Waals surface area contributed by atoms with Crippen molar-refractivity contribution >= 4 is 11.8 Å². The molecule has 0 spiro atoms. The quantitative estimate of drug-likeness (QED) is 0.521. The topological polar surface area (TPSA) is 124 Å². The molecule has 1 aromatic carbocycles. The number of esters is 1. The van der Waals surface area contributed by atoms with Gasteiger partial charge >= 0.3 is 5.97 Å². The molecule has 7 nitrogen and oxygen atoms in total. The van der Waals surface area contributed by atoms with Crippen LogP contribution in [0, 0.1) is 0 Å². The Morgan fingerprint density at radius 3 is 2.52 bits per heavy atom. The fourth-order valence-electron chi connectivity index (χ4n) is 3.00. The third-order valence-corrected chi connectivity index (χ3v) is 4.31. The first-order valence-corrected chi connectivity index (χ1v) is 8.41. The van der Waals surface area contributed by atoms with Crippen molar-refractivity contribution in [2.45, 2.75) is 63.8 Å². The van der Waals surface area contributed by atoms with Gasteiger partial charge in [0.2, 0.25) is 0 Å². The molecule has 1 heterocycles. The molecule has 138 valence electrons. The van der Waals surface area contributed by atoms with Crippen LogP contribution in [0.15, 0.2) is 12.1 Å². The number of ketones is 1. The number of phenols is 2. The van der Waals surface area contributed by atoms with Crippen LogP contribution in [0.4, 0.5) is 0 Å². The van der Waals surface area contributed by atoms with Crippen molar-refractivity contribution in [3.05, 3.63) is 23.3 Å². The van der Waals surface area contributed by atoms with Gasteiger partial charge in [-0.25, -0.2) is 4.79 Å². The van der Waals surface area contributed by atoms with E-state index in [1.165, 1.54) is 6.07 Å². The van der Waals surface area contributed by atoms with Gasteiger partial charge in [-0.15, -0.1) is 0 Å². The van der Waals surface area contributed by atoms with E-state index in [0.29, 0.717) is 19.3 Å². The Bertz CT molecular complexity index is 641. The van der Waals surface area contributed by atoms with Gasteiger partial charge in [0.15, 0.2) is 0 Å². The molecule has 0 aliphatic carbocycles. The lowest BCUT2D eigenvalue weighted by Crippen LogP contribution is -2.31. The molecule has 4 N–H and O–H groups in total. The van der Waals surface area contributed by atoms with Crippen LogP contribution in [0.2, 0.25) is 0 Å². The smallest absolute Gasteiger partial charge is 0.342 e. The van der Waals surface area contributed by atoms with Gasteiger partial charge < -0.3 is 25.2 Å². The minimum Gasteiger partial charge on any atom is -0.508 e. The van der Waals surface area contributed by atoms with Crippen LogP contribution in [0.3, 0.4) is 0 Å². The van der Waals surface area contributed by atoms with Crippen molar-refractivity contribution < 1.29 is 34.8 Å². The average molecular weight is 352 g/mol. The predicted molar refractivity (Wildman–Crippen MR) is 88.5 cm³/mol. The Balaban J connectivity index is 2.33. The molecule has 0 fully saturated rings. The number of aliphatic hydroxyl groups excluding tert-OH is 2. The summed E-state index contributed by atoms with van der Waals surface area (Å²) in [5, 5.41) is 39.6. The number of benzene rings is 1. The minimum absolute atomic E-state index is 0.0556. The number of aliphatic hydroxyl groups is 2. The van der Waals surface area contributed by atoms with Crippen molar-refractivity contribution in [1.82, 2.24) is 0 Å². The first kappa shape index (κ1) is 19.2. The fraction of sp³-hybridized carbons (Fsp3) is 0.556. The molecule has 0 radical (unpaired) electrons. The molecule has 1 aromatic rings. The second-order valence-electron chi connectivity index (χ2n) is 6.55. The number of Topliss-reactive ketones (excluding diaryl/α,β-unsaturated/α-hetero) is 1. The SMILES string of the molecule is C[C@@H]1C[C@@H](O)[C@@H](O)CCCCC(=O)Cc2cc(O)cc(O)c2C(=O)O1. The summed E-state index contributed by atoms with van der Waals surface area (Å²) in [5.74, 6) is -1.71. The standard InChI is InChI=1S/C18H24O7/c1-10-6-15(22)14(21)5-3-2-4-12(19)7-11-8-13(20)9-16(23)17(11)18(24)25-10/h8-10,14-15,20-23H,2-7H2,1H3/t10-,14+,15-/m1/s1. The summed E-state index contributed by atoms with van der Waals surface area (Å²) in [6.45, 7) is 1.57. The van der Waals surface area contributed by atoms with Gasteiger partial charge in [0.25, 0.3) is 0 Å². The maximum absolute atomic E-state index is 12.4. The maximum Gasteiger partial charge on any atom is 0.342 e. The Hall–Kier alpha value is -2.12. The lowest BCUT2D eigenvalue weighted by atomic mass is 9.96. The van der Waals surface area contributed by atoms with E-state index < -0.39 is 30.0 Å². The molecule has 1 aliphatic heterocycles. The summed E-state index contributed by atoms with van der Waals surface area (Å²) < 4.78 is 5.23. The van der Waals surface area contributed by atoms with Crippen molar-refractivity contribution in [2.24, 2.45) is 0 Å². The first-order chi connectivity index (χ1) is 11.8. The summed E-state index contributed by atoms with van der Waals surface area (Å²) in [6.07, 6.45) is -1.02. The van der Waals surface area contributed by atoms with E-state index in [-0.39, 0.29) is 41.9 Å². The van der Waals surface area contributed by atoms with Crippen molar-refractivity contribution in [3.8, 4) is 11.5 Å². The molecule has 7 heteroatoms. The molecular formula is C18H24O7. The molecule has 0 saturated heterocycles. The van der Waals surface area contributed by atoms with Gasteiger partial charge in [-0.2, -0.15) is 0 Å². The second-order valence-corrected chi connectivity index (χ2v) is 6.55. The zero-order valence-corrected chi connectivity index (χ0v) is 14.1. The molecule has 0 saturated carbocycles. The average Bonchev–Trinajstić information content (AvgIpc) is 2.49. The van der Waals surface area contributed by atoms with E-state index >= 15 is 0 Å². The third kappa shape index (κ3) is 5.17. The predicted octanol–water partition coefficient (Wildman–Crippen LogP) is 1.44. The first-order valence-electron chi connectivity index (χ1n) is 8.41. The number of ether oxygens (including phenoxy) is 1. The molecule has 0 unspecified atom stereocenters. The lowest BCUT2D eigenvalue weighted by molar-refractivity contribution is -0.118. The van der Waals surface area contributed by atoms with Crippen LogP contribution in [-0.4, -0.2) is 50.5 Å². The summed E-state index contributed by atoms with van der Waals surface area (Å²) >= 11 is 0. The number of hydrogen-bond donors (Lipinski definition) is 4. The van der Waals surface area contributed by atoms with Crippen LogP contribution in [0.5, 0.6) is 11.5 Å². The maximum atomic E-state index is 12.4. The Labute approximate surface area is 145 Å². The molecular weight excluding hydrogens is 328 g/mol. The summed E-state index contributed by atoms with van der Waals surface area (Å²) in [5.41, 5.74) is 0.0439. The van der Waals surface area contributed by atoms with Gasteiger partial charge in [0, 0.05) is 25.3 Å². The van der Waals surface area contributed by atoms with Gasteiger partial charge in [0.1, 0.15) is 28.9 Å². The Kier molecular flexibility index (Phi) is 6.39. The minimum atomic E-state index is -1.05. The van der Waals surface area contributed by atoms with E-state index in [2.05, 4.69) is 0 Å². The number of carbonyl (C=O) groups is 2. The van der Waals surface area contributed by atoms with E-state index in [9.17, 15) is 30.0 Å². The zero-order chi connectivity index (χ0) is 18.6. The number of phenolic OH excluding ortho intramolecular Hbond substituents is 2. The lowest BCUT2D eigenvalue weighted by Gasteiger charge is -2.22. The van der Waals surface area contributed by atoms with Gasteiger partial charge in [-0.05, 0) is 31.4 Å². The van der Waals surface area contributed by atoms with Crippen LogP contribution >= 0.6 is 0 Å². The summed E-state index contributed by atoms with van der Waals surface area (Å²) in [7, 11) is 0. The normalized spacial score (nSPS) is 26.4. The number of aromatic hydroxyl groups is 2. The monoisotopic (exact) mass is 352 g/mol. The van der Waals surface area contributed by atoms with E-state index in [1.54, 1.807) is 6.92 Å². The zero-order valence-electron chi connectivity index (χ0n) is 14.1. The fourth-order valence-corrected chi connectivity index (χ4v) is 3.00. The molecule has 25 heavy (non-hydrogen) atoms. The number of hydrogen-bond acceptors (Lipinski definition) is 7. The largest absolute Gasteiger partial charge is 0.508 e. The highest BCUT2D eigenvalue weighted by Gasteiger charge is 2.26. The van der Waals surface area contributed by atoms with E-state index in [0.717, 1.165) is 6.07 Å². The number of carbonyl (C=O) groups excluding carboxylic acids is 2. The summed E-state index contributed by atoms with van der Waals surface area (Å²) in [4.78, 5) is 24.5. The van der Waals surface area contributed by atoms with Gasteiger partial charge in [0.05, 0.1) is 12.2 Å². The highest BCUT2D eigenvalue weighted by atomic mass is 16.5. The Morgan fingerprint density at radius 1 is 1.08 bits per heavy atom. The van der Waals surface area contributed by atoms with E-state index in [4.69, 9.17) is 4.74 Å². The number of fused-ring (bicyclic) bond motifs is 1. The second kappa shape index (κ2) is 8.31. The molecule has 0 amide bonds. The van der Waals surface area contributed by atoms with Gasteiger partial charge in [-0.1, -0.05) is 6.42 Å². The molecule has 2 rings (SSSR count). The van der Waals surface area contributed by atoms with Crippen LogP contribution in [0.25, 0.3) is 0 Å².